The second kappa shape index (κ2) is 8.26. The molecule has 2 aromatic carbocycles. The van der Waals surface area contributed by atoms with Gasteiger partial charge in [-0.2, -0.15) is 0 Å². The van der Waals surface area contributed by atoms with Gasteiger partial charge >= 0.3 is 0 Å². The molecule has 0 unspecified atom stereocenters. The fraction of sp³-hybridized carbons (Fsp3) is 0.182. The molecule has 4 rings (SSSR count). The lowest BCUT2D eigenvalue weighted by Crippen LogP contribution is -2.25. The summed E-state index contributed by atoms with van der Waals surface area (Å²) in [5.74, 6) is -0.161. The highest BCUT2D eigenvalue weighted by Crippen LogP contribution is 2.28. The van der Waals surface area contributed by atoms with Gasteiger partial charge in [0.05, 0.1) is 15.1 Å². The fourth-order valence-corrected chi connectivity index (χ4v) is 5.03. The zero-order valence-corrected chi connectivity index (χ0v) is 18.8. The van der Waals surface area contributed by atoms with Gasteiger partial charge in [-0.15, -0.1) is 0 Å². The number of thiazole rings is 1. The molecular weight excluding hydrogens is 432 g/mol. The number of aryl methyl sites for hydroxylation is 2. The molecule has 0 spiro atoms. The van der Waals surface area contributed by atoms with Crippen molar-refractivity contribution in [1.29, 1.82) is 0 Å². The summed E-state index contributed by atoms with van der Waals surface area (Å²) in [7, 11) is -3.70. The van der Waals surface area contributed by atoms with Crippen LogP contribution in [0.3, 0.4) is 0 Å². The van der Waals surface area contributed by atoms with E-state index in [0.717, 1.165) is 32.3 Å². The average molecular weight is 455 g/mol. The Balaban J connectivity index is 1.43. The first-order valence-corrected chi connectivity index (χ1v) is 12.0. The summed E-state index contributed by atoms with van der Waals surface area (Å²) in [6.45, 7) is 4.52. The van der Waals surface area contributed by atoms with Gasteiger partial charge in [-0.25, -0.2) is 18.5 Å². The second-order valence-electron chi connectivity index (χ2n) is 7.33. The number of nitrogens with two attached hydrogens (primary N) is 1. The van der Waals surface area contributed by atoms with Crippen LogP contribution in [0, 0.1) is 13.8 Å². The first-order chi connectivity index (χ1) is 14.7. The Morgan fingerprint density at radius 2 is 1.74 bits per heavy atom. The molecule has 0 bridgehead atoms. The van der Waals surface area contributed by atoms with Crippen molar-refractivity contribution in [2.45, 2.75) is 25.2 Å². The molecular formula is C22H22N4O3S2. The predicted octanol–water partition coefficient (Wildman–Crippen LogP) is 3.32. The van der Waals surface area contributed by atoms with E-state index in [9.17, 15) is 13.2 Å². The topological polar surface area (TPSA) is 107 Å². The number of nitrogens with zero attached hydrogens (tertiary/aromatic N) is 2. The molecule has 160 valence electrons. The number of primary sulfonamides is 1. The van der Waals surface area contributed by atoms with Crippen molar-refractivity contribution in [2.75, 3.05) is 6.54 Å². The van der Waals surface area contributed by atoms with Crippen molar-refractivity contribution in [3.8, 4) is 5.13 Å². The van der Waals surface area contributed by atoms with E-state index in [0.29, 0.717) is 18.5 Å². The van der Waals surface area contributed by atoms with Gasteiger partial charge in [-0.3, -0.25) is 9.36 Å². The molecule has 0 saturated heterocycles. The van der Waals surface area contributed by atoms with Crippen LogP contribution in [0.15, 0.2) is 59.5 Å². The number of amides is 1. The van der Waals surface area contributed by atoms with E-state index in [1.807, 2.05) is 26.0 Å². The van der Waals surface area contributed by atoms with Gasteiger partial charge in [0, 0.05) is 23.5 Å². The van der Waals surface area contributed by atoms with Crippen LogP contribution in [-0.2, 0) is 16.4 Å². The van der Waals surface area contributed by atoms with Crippen molar-refractivity contribution in [3.63, 3.8) is 0 Å². The van der Waals surface area contributed by atoms with Gasteiger partial charge in [0.25, 0.3) is 5.91 Å². The number of fused-ring (bicyclic) bond motifs is 1. The van der Waals surface area contributed by atoms with E-state index in [2.05, 4.69) is 22.0 Å². The highest BCUT2D eigenvalue weighted by molar-refractivity contribution is 7.89. The van der Waals surface area contributed by atoms with Crippen LogP contribution < -0.4 is 10.5 Å². The summed E-state index contributed by atoms with van der Waals surface area (Å²) < 4.78 is 25.7. The number of hydrogen-bond acceptors (Lipinski definition) is 5. The summed E-state index contributed by atoms with van der Waals surface area (Å²) in [5.41, 5.74) is 4.58. The number of benzene rings is 2. The molecule has 0 aliphatic rings. The van der Waals surface area contributed by atoms with Gasteiger partial charge in [0.2, 0.25) is 10.0 Å². The Kier molecular flexibility index (Phi) is 5.65. The van der Waals surface area contributed by atoms with Crippen molar-refractivity contribution >= 4 is 37.5 Å². The number of carbonyl (C=O) groups excluding carboxylic acids is 1. The lowest BCUT2D eigenvalue weighted by atomic mass is 10.1. The summed E-state index contributed by atoms with van der Waals surface area (Å²) >= 11 is 1.55. The van der Waals surface area contributed by atoms with E-state index in [-0.39, 0.29) is 10.8 Å². The average Bonchev–Trinajstić information content (AvgIpc) is 3.29. The Morgan fingerprint density at radius 1 is 1.06 bits per heavy atom. The number of hydrogen-bond donors (Lipinski definition) is 2. The molecule has 0 saturated carbocycles. The van der Waals surface area contributed by atoms with Crippen LogP contribution in [0.4, 0.5) is 0 Å². The fourth-order valence-electron chi connectivity index (χ4n) is 3.39. The molecule has 7 nitrogen and oxygen atoms in total. The molecule has 0 atom stereocenters. The molecule has 0 radical (unpaired) electrons. The number of rotatable bonds is 6. The van der Waals surface area contributed by atoms with Crippen molar-refractivity contribution < 1.29 is 13.2 Å². The SMILES string of the molecule is Cc1ccc(C)n1-c1nc2ccc(C(=O)NCCc3ccc(S(N)(=O)=O)cc3)cc2s1. The molecule has 3 N–H and O–H groups in total. The van der Waals surface area contributed by atoms with E-state index >= 15 is 0 Å². The van der Waals surface area contributed by atoms with Crippen molar-refractivity contribution in [1.82, 2.24) is 14.9 Å². The molecule has 9 heteroatoms. The monoisotopic (exact) mass is 454 g/mol. The number of nitrogens with one attached hydrogen (secondary N) is 1. The third-order valence-electron chi connectivity index (χ3n) is 5.05. The third-order valence-corrected chi connectivity index (χ3v) is 6.99. The summed E-state index contributed by atoms with van der Waals surface area (Å²) in [5, 5.41) is 8.90. The van der Waals surface area contributed by atoms with Gasteiger partial charge in [0.1, 0.15) is 0 Å². The Labute approximate surface area is 184 Å². The minimum Gasteiger partial charge on any atom is -0.352 e. The van der Waals surface area contributed by atoms with Gasteiger partial charge in [0.15, 0.2) is 5.13 Å². The van der Waals surface area contributed by atoms with Gasteiger partial charge in [-0.1, -0.05) is 23.5 Å². The maximum absolute atomic E-state index is 12.6. The molecule has 2 heterocycles. The van der Waals surface area contributed by atoms with Gasteiger partial charge in [-0.05, 0) is 68.3 Å². The van der Waals surface area contributed by atoms with Crippen LogP contribution in [0.25, 0.3) is 15.3 Å². The molecule has 2 aromatic heterocycles. The maximum atomic E-state index is 12.6. The Morgan fingerprint density at radius 3 is 2.39 bits per heavy atom. The molecule has 1 amide bonds. The minimum atomic E-state index is -3.70. The first kappa shape index (κ1) is 21.2. The third kappa shape index (κ3) is 4.53. The van der Waals surface area contributed by atoms with E-state index in [1.165, 1.54) is 12.1 Å². The molecule has 0 aliphatic carbocycles. The van der Waals surface area contributed by atoms with Crippen molar-refractivity contribution in [2.24, 2.45) is 5.14 Å². The Bertz CT molecular complexity index is 1350. The van der Waals surface area contributed by atoms with Crippen LogP contribution in [0.1, 0.15) is 27.3 Å². The van der Waals surface area contributed by atoms with E-state index in [1.54, 1.807) is 29.5 Å². The minimum absolute atomic E-state index is 0.0720. The molecule has 31 heavy (non-hydrogen) atoms. The van der Waals surface area contributed by atoms with Crippen LogP contribution in [0.2, 0.25) is 0 Å². The van der Waals surface area contributed by atoms with Crippen molar-refractivity contribution in [3.05, 3.63) is 77.1 Å². The number of aromatic nitrogens is 2. The molecule has 0 aliphatic heterocycles. The lowest BCUT2D eigenvalue weighted by Gasteiger charge is -2.06. The standard InChI is InChI=1S/C22H22N4O3S2/c1-14-3-4-15(2)26(14)22-25-19-10-7-17(13-20(19)30-22)21(27)24-12-11-16-5-8-18(9-6-16)31(23,28)29/h3-10,13H,11-12H2,1-2H3,(H,24,27)(H2,23,28,29). The Hall–Kier alpha value is -3.01. The second-order valence-corrected chi connectivity index (χ2v) is 9.90. The van der Waals surface area contributed by atoms with Gasteiger partial charge < -0.3 is 5.32 Å². The highest BCUT2D eigenvalue weighted by Gasteiger charge is 2.13. The first-order valence-electron chi connectivity index (χ1n) is 9.68. The smallest absolute Gasteiger partial charge is 0.251 e. The molecule has 4 aromatic rings. The lowest BCUT2D eigenvalue weighted by molar-refractivity contribution is 0.0954. The normalized spacial score (nSPS) is 11.7. The van der Waals surface area contributed by atoms with E-state index < -0.39 is 10.0 Å². The van der Waals surface area contributed by atoms with Crippen LogP contribution in [0.5, 0.6) is 0 Å². The largest absolute Gasteiger partial charge is 0.352 e. The van der Waals surface area contributed by atoms with E-state index in [4.69, 9.17) is 10.1 Å². The number of carbonyl (C=O) groups is 1. The highest BCUT2D eigenvalue weighted by atomic mass is 32.2. The zero-order chi connectivity index (χ0) is 22.2. The maximum Gasteiger partial charge on any atom is 0.251 e. The quantitative estimate of drug-likeness (QED) is 0.466. The molecule has 0 fully saturated rings. The van der Waals surface area contributed by atoms with Crippen LogP contribution in [-0.4, -0.2) is 30.4 Å². The van der Waals surface area contributed by atoms with Crippen LogP contribution >= 0.6 is 11.3 Å². The summed E-state index contributed by atoms with van der Waals surface area (Å²) in [6, 6.07) is 15.9. The predicted molar refractivity (Wildman–Crippen MR) is 122 cm³/mol. The summed E-state index contributed by atoms with van der Waals surface area (Å²) in [4.78, 5) is 17.4. The summed E-state index contributed by atoms with van der Waals surface area (Å²) in [6.07, 6.45) is 0.579. The number of sulfonamides is 1. The zero-order valence-electron chi connectivity index (χ0n) is 17.1.